The molecule has 0 atom stereocenters. The van der Waals surface area contributed by atoms with E-state index in [4.69, 9.17) is 5.73 Å². The first-order valence-electron chi connectivity index (χ1n) is 3.25. The highest BCUT2D eigenvalue weighted by Crippen LogP contribution is 2.02. The second-order valence-corrected chi connectivity index (χ2v) is 1.98. The Morgan fingerprint density at radius 1 is 1.42 bits per heavy atom. The molecule has 1 heterocycles. The Bertz CT molecular complexity index is 339. The molecule has 0 amide bonds. The summed E-state index contributed by atoms with van der Waals surface area (Å²) in [4.78, 5) is 2.95. The highest BCUT2D eigenvalue weighted by Gasteiger charge is 2.00. The number of pyridine rings is 1. The summed E-state index contributed by atoms with van der Waals surface area (Å²) in [6.45, 7) is 0.136. The van der Waals surface area contributed by atoms with Crippen LogP contribution in [0.1, 0.15) is 5.56 Å². The summed E-state index contributed by atoms with van der Waals surface area (Å²) in [5, 5.41) is 0. The molecular formula is C8H6F2N2. The predicted octanol–water partition coefficient (Wildman–Crippen LogP) is 0.670. The van der Waals surface area contributed by atoms with E-state index in [1.54, 1.807) is 0 Å². The van der Waals surface area contributed by atoms with Gasteiger partial charge in [-0.1, -0.05) is 11.8 Å². The lowest BCUT2D eigenvalue weighted by Gasteiger charge is -1.91. The number of hydrogen-bond donors (Lipinski definition) is 1. The van der Waals surface area contributed by atoms with Crippen LogP contribution in [0.5, 0.6) is 0 Å². The van der Waals surface area contributed by atoms with E-state index in [9.17, 15) is 8.78 Å². The second kappa shape index (κ2) is 3.79. The fraction of sp³-hybridized carbons (Fsp3) is 0.125. The standard InChI is InChI=1S/C8H6F2N2/c9-7-4-3-6(2-1-5-11)8(10)12-7/h3-4H,5,11H2. The van der Waals surface area contributed by atoms with Crippen molar-refractivity contribution in [1.29, 1.82) is 0 Å². The Balaban J connectivity index is 3.01. The van der Waals surface area contributed by atoms with Crippen LogP contribution in [0, 0.1) is 23.7 Å². The highest BCUT2D eigenvalue weighted by molar-refractivity contribution is 5.32. The molecular weight excluding hydrogens is 162 g/mol. The molecule has 0 aliphatic heterocycles. The van der Waals surface area contributed by atoms with Crippen molar-refractivity contribution in [2.24, 2.45) is 5.73 Å². The highest BCUT2D eigenvalue weighted by atomic mass is 19.1. The maximum absolute atomic E-state index is 12.7. The largest absolute Gasteiger partial charge is 0.320 e. The molecule has 1 rings (SSSR count). The van der Waals surface area contributed by atoms with Crippen LogP contribution in [0.15, 0.2) is 12.1 Å². The molecule has 4 heteroatoms. The lowest BCUT2D eigenvalue weighted by Crippen LogP contribution is -1.95. The number of hydrogen-bond acceptors (Lipinski definition) is 2. The molecule has 0 aromatic carbocycles. The van der Waals surface area contributed by atoms with Crippen LogP contribution in [-0.4, -0.2) is 11.5 Å². The number of nitrogens with zero attached hydrogens (tertiary/aromatic N) is 1. The third kappa shape index (κ3) is 2.01. The first-order valence-corrected chi connectivity index (χ1v) is 3.25. The van der Waals surface area contributed by atoms with E-state index in [0.29, 0.717) is 0 Å². The number of halogens is 2. The molecule has 1 aromatic heterocycles. The first-order chi connectivity index (χ1) is 5.74. The topological polar surface area (TPSA) is 38.9 Å². The maximum atomic E-state index is 12.7. The lowest BCUT2D eigenvalue weighted by atomic mass is 10.3. The van der Waals surface area contributed by atoms with Gasteiger partial charge < -0.3 is 5.73 Å². The van der Waals surface area contributed by atoms with Crippen LogP contribution in [0.2, 0.25) is 0 Å². The summed E-state index contributed by atoms with van der Waals surface area (Å²) in [6.07, 6.45) is 0. The third-order valence-electron chi connectivity index (χ3n) is 1.14. The quantitative estimate of drug-likeness (QED) is 0.456. The minimum atomic E-state index is -0.907. The average Bonchev–Trinajstić information content (AvgIpc) is 2.03. The molecule has 62 valence electrons. The van der Waals surface area contributed by atoms with E-state index >= 15 is 0 Å². The van der Waals surface area contributed by atoms with E-state index in [1.807, 2.05) is 0 Å². The predicted molar refractivity (Wildman–Crippen MR) is 40.1 cm³/mol. The lowest BCUT2D eigenvalue weighted by molar-refractivity contribution is 0.510. The molecule has 0 aliphatic rings. The Labute approximate surface area is 68.4 Å². The molecule has 12 heavy (non-hydrogen) atoms. The Kier molecular flexibility index (Phi) is 2.72. The van der Waals surface area contributed by atoms with Gasteiger partial charge in [-0.3, -0.25) is 0 Å². The molecule has 0 fully saturated rings. The van der Waals surface area contributed by atoms with Crippen LogP contribution in [0.3, 0.4) is 0 Å². The molecule has 0 saturated carbocycles. The monoisotopic (exact) mass is 168 g/mol. The summed E-state index contributed by atoms with van der Waals surface area (Å²) >= 11 is 0. The third-order valence-corrected chi connectivity index (χ3v) is 1.14. The van der Waals surface area contributed by atoms with Gasteiger partial charge in [-0.25, -0.2) is 0 Å². The number of nitrogens with two attached hydrogens (primary N) is 1. The van der Waals surface area contributed by atoms with Gasteiger partial charge in [0.25, 0.3) is 0 Å². The van der Waals surface area contributed by atoms with Crippen LogP contribution >= 0.6 is 0 Å². The Hall–Kier alpha value is -1.47. The van der Waals surface area contributed by atoms with Crippen molar-refractivity contribution >= 4 is 0 Å². The van der Waals surface area contributed by atoms with Gasteiger partial charge in [0.2, 0.25) is 11.9 Å². The Morgan fingerprint density at radius 3 is 2.75 bits per heavy atom. The molecule has 0 unspecified atom stereocenters. The number of aromatic nitrogens is 1. The van der Waals surface area contributed by atoms with Gasteiger partial charge in [-0.05, 0) is 12.1 Å². The van der Waals surface area contributed by atoms with E-state index in [1.165, 1.54) is 6.07 Å². The van der Waals surface area contributed by atoms with Crippen molar-refractivity contribution < 1.29 is 8.78 Å². The van der Waals surface area contributed by atoms with Crippen LogP contribution in [0.25, 0.3) is 0 Å². The Morgan fingerprint density at radius 2 is 2.17 bits per heavy atom. The van der Waals surface area contributed by atoms with Gasteiger partial charge in [0.1, 0.15) is 0 Å². The average molecular weight is 168 g/mol. The molecule has 0 saturated heterocycles. The summed E-state index contributed by atoms with van der Waals surface area (Å²) in [6, 6.07) is 2.27. The number of rotatable bonds is 0. The molecule has 0 aliphatic carbocycles. The maximum Gasteiger partial charge on any atom is 0.231 e. The molecule has 2 nitrogen and oxygen atoms in total. The first kappa shape index (κ1) is 8.62. The van der Waals surface area contributed by atoms with E-state index in [-0.39, 0.29) is 12.1 Å². The van der Waals surface area contributed by atoms with Gasteiger partial charge in [-0.2, -0.15) is 13.8 Å². The minimum Gasteiger partial charge on any atom is -0.320 e. The van der Waals surface area contributed by atoms with Gasteiger partial charge in [0.05, 0.1) is 12.1 Å². The molecule has 0 spiro atoms. The van der Waals surface area contributed by atoms with Crippen molar-refractivity contribution in [2.45, 2.75) is 0 Å². The normalized spacial score (nSPS) is 8.92. The second-order valence-electron chi connectivity index (χ2n) is 1.98. The van der Waals surface area contributed by atoms with Crippen molar-refractivity contribution in [3.8, 4) is 11.8 Å². The molecule has 0 radical (unpaired) electrons. The fourth-order valence-electron chi connectivity index (χ4n) is 0.652. The van der Waals surface area contributed by atoms with Crippen LogP contribution in [0.4, 0.5) is 8.78 Å². The SMILES string of the molecule is NCC#Cc1ccc(F)nc1F. The fourth-order valence-corrected chi connectivity index (χ4v) is 0.652. The van der Waals surface area contributed by atoms with Gasteiger partial charge in [0.15, 0.2) is 0 Å². The van der Waals surface area contributed by atoms with Crippen molar-refractivity contribution in [3.63, 3.8) is 0 Å². The van der Waals surface area contributed by atoms with Gasteiger partial charge in [-0.15, -0.1) is 0 Å². The smallest absolute Gasteiger partial charge is 0.231 e. The minimum absolute atomic E-state index is 0.0573. The summed E-state index contributed by atoms with van der Waals surface area (Å²) < 4.78 is 24.9. The van der Waals surface area contributed by atoms with E-state index in [0.717, 1.165) is 6.07 Å². The van der Waals surface area contributed by atoms with E-state index in [2.05, 4.69) is 16.8 Å². The summed E-state index contributed by atoms with van der Waals surface area (Å²) in [5.74, 6) is 3.10. The molecule has 0 bridgehead atoms. The van der Waals surface area contributed by atoms with E-state index < -0.39 is 11.9 Å². The summed E-state index contributed by atoms with van der Waals surface area (Å²) in [7, 11) is 0. The van der Waals surface area contributed by atoms with Crippen molar-refractivity contribution in [3.05, 3.63) is 29.6 Å². The van der Waals surface area contributed by atoms with Crippen LogP contribution < -0.4 is 5.73 Å². The molecule has 1 aromatic rings. The van der Waals surface area contributed by atoms with Gasteiger partial charge in [0, 0.05) is 0 Å². The van der Waals surface area contributed by atoms with Crippen LogP contribution in [-0.2, 0) is 0 Å². The molecule has 2 N–H and O–H groups in total. The van der Waals surface area contributed by atoms with Gasteiger partial charge >= 0.3 is 0 Å². The zero-order valence-electron chi connectivity index (χ0n) is 6.14. The zero-order chi connectivity index (χ0) is 8.97. The van der Waals surface area contributed by atoms with Crippen molar-refractivity contribution in [2.75, 3.05) is 6.54 Å². The summed E-state index contributed by atoms with van der Waals surface area (Å²) in [5.41, 5.74) is 5.12. The van der Waals surface area contributed by atoms with Crippen molar-refractivity contribution in [1.82, 2.24) is 4.98 Å². The zero-order valence-corrected chi connectivity index (χ0v) is 6.14.